The van der Waals surface area contributed by atoms with Crippen molar-refractivity contribution >= 4 is 18.3 Å². The van der Waals surface area contributed by atoms with Gasteiger partial charge in [-0.3, -0.25) is 4.79 Å². The summed E-state index contributed by atoms with van der Waals surface area (Å²) < 4.78 is 41.8. The third-order valence-corrected chi connectivity index (χ3v) is 5.29. The quantitative estimate of drug-likeness (QED) is 0.442. The molecule has 0 aromatic heterocycles. The largest absolute Gasteiger partial charge is 2.00 e. The molecule has 1 saturated heterocycles. The summed E-state index contributed by atoms with van der Waals surface area (Å²) in [5.41, 5.74) is 2.46. The number of amides is 2. The van der Waals surface area contributed by atoms with E-state index in [4.69, 9.17) is 0 Å². The first-order valence-electron chi connectivity index (χ1n) is 11.1. The Kier molecular flexibility index (Phi) is 11.4. The first-order valence-corrected chi connectivity index (χ1v) is 11.1. The van der Waals surface area contributed by atoms with Crippen molar-refractivity contribution in [2.45, 2.75) is 12.3 Å². The molecule has 0 spiro atoms. The van der Waals surface area contributed by atoms with Crippen molar-refractivity contribution in [1.82, 2.24) is 9.80 Å². The zero-order valence-corrected chi connectivity index (χ0v) is 21.0. The molecular weight excluding hydrogens is 524 g/mol. The van der Waals surface area contributed by atoms with Gasteiger partial charge in [-0.15, -0.1) is 0 Å². The first kappa shape index (κ1) is 29.7. The Morgan fingerprint density at radius 3 is 1.78 bits per heavy atom. The smallest absolute Gasteiger partial charge is 0.538 e. The minimum atomic E-state index is -5.01. The number of rotatable bonds is 4. The van der Waals surface area contributed by atoms with E-state index in [0.717, 1.165) is 16.0 Å². The molecule has 2 amide bonds. The van der Waals surface area contributed by atoms with E-state index in [1.165, 1.54) is 4.90 Å². The van der Waals surface area contributed by atoms with E-state index < -0.39 is 18.4 Å². The number of ether oxygens (including phenoxy) is 1. The summed E-state index contributed by atoms with van der Waals surface area (Å²) in [5.74, 6) is -0.239. The van der Waals surface area contributed by atoms with E-state index in [2.05, 4.69) is 10.8 Å². The molecule has 0 bridgehead atoms. The van der Waals surface area contributed by atoms with E-state index >= 15 is 0 Å². The van der Waals surface area contributed by atoms with Crippen LogP contribution in [-0.2, 0) is 28.1 Å². The van der Waals surface area contributed by atoms with Gasteiger partial charge in [-0.1, -0.05) is 42.5 Å². The third kappa shape index (κ3) is 8.80. The van der Waals surface area contributed by atoms with Crippen molar-refractivity contribution in [3.8, 4) is 11.1 Å². The fourth-order valence-electron chi connectivity index (χ4n) is 3.39. The maximum Gasteiger partial charge on any atom is 2.00 e. The van der Waals surface area contributed by atoms with Gasteiger partial charge in [-0.2, -0.15) is 49.6 Å². The van der Waals surface area contributed by atoms with E-state index in [0.29, 0.717) is 11.8 Å². The van der Waals surface area contributed by atoms with Crippen LogP contribution in [0.2, 0.25) is 0 Å². The van der Waals surface area contributed by atoms with Crippen molar-refractivity contribution in [1.29, 1.82) is 0 Å². The maximum absolute atomic E-state index is 12.7. The molecule has 1 unspecified atom stereocenters. The van der Waals surface area contributed by atoms with Gasteiger partial charge in [0.25, 0.3) is 5.91 Å². The summed E-state index contributed by atoms with van der Waals surface area (Å²) in [4.78, 5) is 37.4. The Labute approximate surface area is 224 Å². The monoisotopic (exact) mass is 547 g/mol. The summed E-state index contributed by atoms with van der Waals surface area (Å²) in [6, 6.07) is 29.3. The molecule has 1 fully saturated rings. The molecule has 0 saturated carbocycles. The minimum absolute atomic E-state index is 0. The molecule has 191 valence electrons. The Morgan fingerprint density at radius 1 is 0.811 bits per heavy atom. The topological polar surface area (TPSA) is 66.9 Å². The zero-order chi connectivity index (χ0) is 26.0. The van der Waals surface area contributed by atoms with Crippen LogP contribution in [0.3, 0.4) is 0 Å². The van der Waals surface area contributed by atoms with Gasteiger partial charge in [0.2, 0.25) is 0 Å². The van der Waals surface area contributed by atoms with E-state index in [-0.39, 0.29) is 50.6 Å². The van der Waals surface area contributed by atoms with E-state index in [1.807, 2.05) is 72.8 Å². The Balaban J connectivity index is 0.000000604. The summed E-state index contributed by atoms with van der Waals surface area (Å²) in [5, 5.41) is 0. The molecule has 0 aliphatic carbocycles. The molecule has 1 aliphatic heterocycles. The fraction of sp³-hybridized carbons (Fsp3) is 0.222. The molecule has 3 aromatic carbocycles. The molecule has 0 N–H and O–H groups in total. The van der Waals surface area contributed by atoms with Gasteiger partial charge in [-0.25, -0.2) is 11.1 Å². The molecule has 37 heavy (non-hydrogen) atoms. The van der Waals surface area contributed by atoms with Gasteiger partial charge >= 0.3 is 30.8 Å². The van der Waals surface area contributed by atoms with Gasteiger partial charge in [0.05, 0.1) is 0 Å². The number of benzene rings is 3. The standard InChI is InChI=1S/C21H18F3N2O4.C6H5.V/c22-21(23,24)18(14-27)30-20(29)26-12-10-25(11-13-26)19(28)17-8-6-16(7-9-17)15-4-2-1-3-5-15;1-2-4-6-5-3-1;/h1-9,18H,10-13H2;1-5H;/q2*-1;+2. The van der Waals surface area contributed by atoms with Crippen LogP contribution in [0, 0.1) is 6.07 Å². The Hall–Kier alpha value is -3.56. The van der Waals surface area contributed by atoms with Crippen LogP contribution in [-0.4, -0.2) is 66.5 Å². The third-order valence-electron chi connectivity index (χ3n) is 5.29. The van der Waals surface area contributed by atoms with Gasteiger partial charge < -0.3 is 19.3 Å². The summed E-state index contributed by atoms with van der Waals surface area (Å²) in [6.07, 6.45) is -8.53. The summed E-state index contributed by atoms with van der Waals surface area (Å²) in [6.45, 7) is 0.262. The van der Waals surface area contributed by atoms with Gasteiger partial charge in [-0.05, 0) is 23.3 Å². The van der Waals surface area contributed by atoms with Crippen LogP contribution in [0.4, 0.5) is 18.0 Å². The number of hydrogen-bond donors (Lipinski definition) is 0. The van der Waals surface area contributed by atoms with Crippen molar-refractivity contribution < 1.29 is 50.8 Å². The molecular formula is C27H23F3N2O4V. The van der Waals surface area contributed by atoms with E-state index in [9.17, 15) is 27.6 Å². The number of piperazine rings is 1. The maximum atomic E-state index is 12.7. The molecule has 1 radical (unpaired) electrons. The van der Waals surface area contributed by atoms with E-state index in [1.54, 1.807) is 12.1 Å². The second kappa shape index (κ2) is 14.3. The van der Waals surface area contributed by atoms with Crippen molar-refractivity contribution in [3.05, 3.63) is 96.6 Å². The SMILES string of the molecule is O=[C-]C(OC(=O)N1CCN(C(=O)c2ccc(-c3ccccc3)cc2)CC1)C(F)(F)F.[V+2].[c-]1ccccc1. The van der Waals surface area contributed by atoms with Gasteiger partial charge in [0.1, 0.15) is 6.10 Å². The van der Waals surface area contributed by atoms with Gasteiger partial charge in [0, 0.05) is 31.7 Å². The average Bonchev–Trinajstić information content (AvgIpc) is 2.92. The van der Waals surface area contributed by atoms with Crippen LogP contribution in [0.15, 0.2) is 84.9 Å². The molecule has 1 atom stereocenters. The predicted molar refractivity (Wildman–Crippen MR) is 127 cm³/mol. The van der Waals surface area contributed by atoms with Crippen molar-refractivity contribution in [2.24, 2.45) is 0 Å². The van der Waals surface area contributed by atoms with Crippen LogP contribution in [0.25, 0.3) is 11.1 Å². The minimum Gasteiger partial charge on any atom is -0.538 e. The molecule has 4 rings (SSSR count). The van der Waals surface area contributed by atoms with Crippen molar-refractivity contribution in [3.63, 3.8) is 0 Å². The second-order valence-electron chi connectivity index (χ2n) is 7.72. The number of alkyl halides is 3. The summed E-state index contributed by atoms with van der Waals surface area (Å²) in [7, 11) is 0. The second-order valence-corrected chi connectivity index (χ2v) is 7.72. The molecule has 1 aliphatic rings. The van der Waals surface area contributed by atoms with Crippen molar-refractivity contribution in [2.75, 3.05) is 26.2 Å². The number of hydrogen-bond acceptors (Lipinski definition) is 4. The molecule has 1 heterocycles. The van der Waals surface area contributed by atoms with Crippen LogP contribution >= 0.6 is 0 Å². The summed E-state index contributed by atoms with van der Waals surface area (Å²) >= 11 is 0. The average molecular weight is 547 g/mol. The predicted octanol–water partition coefficient (Wildman–Crippen LogP) is 4.77. The molecule has 6 nitrogen and oxygen atoms in total. The van der Waals surface area contributed by atoms with Gasteiger partial charge in [0.15, 0.2) is 0 Å². The number of carbonyl (C=O) groups is 2. The van der Waals surface area contributed by atoms with Crippen LogP contribution in [0.1, 0.15) is 10.4 Å². The number of halogens is 3. The normalized spacial score (nSPS) is 13.8. The molecule has 10 heteroatoms. The first-order chi connectivity index (χ1) is 17.3. The van der Waals surface area contributed by atoms with Crippen LogP contribution in [0.5, 0.6) is 0 Å². The molecule has 3 aromatic rings. The number of nitrogens with zero attached hydrogens (tertiary/aromatic N) is 2. The van der Waals surface area contributed by atoms with Crippen LogP contribution < -0.4 is 0 Å². The Morgan fingerprint density at radius 2 is 1.32 bits per heavy atom. The Bertz CT molecular complexity index is 1100. The zero-order valence-electron chi connectivity index (χ0n) is 19.6. The number of carbonyl (C=O) groups excluding carboxylic acids is 3. The fourth-order valence-corrected chi connectivity index (χ4v) is 3.39.